The van der Waals surface area contributed by atoms with Gasteiger partial charge in [-0.3, -0.25) is 0 Å². The summed E-state index contributed by atoms with van der Waals surface area (Å²) in [7, 11) is 0. The lowest BCUT2D eigenvalue weighted by Crippen LogP contribution is -1.61. The summed E-state index contributed by atoms with van der Waals surface area (Å²) in [6.45, 7) is 5.53. The molecule has 0 bridgehead atoms. The molecule has 0 aliphatic heterocycles. The Bertz CT molecular complexity index is 99.6. The Kier molecular flexibility index (Phi) is 11.9. The van der Waals surface area contributed by atoms with Gasteiger partial charge in [-0.25, -0.2) is 0 Å². The van der Waals surface area contributed by atoms with Crippen LogP contribution >= 0.6 is 0 Å². The molecule has 0 amide bonds. The molecule has 0 radical (unpaired) electrons. The number of rotatable bonds is 0. The molecule has 0 heterocycles. The van der Waals surface area contributed by atoms with Gasteiger partial charge in [-0.05, 0) is 6.92 Å². The molecule has 0 aliphatic rings. The summed E-state index contributed by atoms with van der Waals surface area (Å²) >= 11 is 0. The molecule has 0 aromatic rings. The van der Waals surface area contributed by atoms with Gasteiger partial charge in [0.05, 0.1) is 17.9 Å². The molecule has 0 saturated heterocycles. The molecular weight excluding hydrogens is 102 g/mol. The first kappa shape index (κ1) is 10.1. The van der Waals surface area contributed by atoms with Crippen molar-refractivity contribution >= 4 is 0 Å². The third-order valence-electron chi connectivity index (χ3n) is 0.370. The molecule has 0 aliphatic carbocycles. The third-order valence-corrected chi connectivity index (χ3v) is 0.370. The molecule has 0 fully saturated rings. The molecule has 0 unspecified atom stereocenters. The van der Waals surface area contributed by atoms with Crippen LogP contribution < -0.4 is 0 Å². The fourth-order valence-corrected chi connectivity index (χ4v) is 0.0289. The van der Waals surface area contributed by atoms with Crippen molar-refractivity contribution < 1.29 is 5.11 Å². The van der Waals surface area contributed by atoms with Crippen molar-refractivity contribution in [3.63, 3.8) is 0 Å². The van der Waals surface area contributed by atoms with Crippen LogP contribution in [0.15, 0.2) is 11.8 Å². The van der Waals surface area contributed by atoms with E-state index in [2.05, 4.69) is 0 Å². The van der Waals surface area contributed by atoms with Crippen LogP contribution in [0.25, 0.3) is 0 Å². The van der Waals surface area contributed by atoms with Crippen LogP contribution in [0.3, 0.4) is 0 Å². The Morgan fingerprint density at radius 3 is 2.00 bits per heavy atom. The zero-order valence-electron chi connectivity index (χ0n) is 5.47. The van der Waals surface area contributed by atoms with E-state index in [1.807, 2.05) is 13.8 Å². The van der Waals surface area contributed by atoms with Gasteiger partial charge in [-0.1, -0.05) is 13.8 Å². The average Bonchev–Trinajstić information content (AvgIpc) is 1.91. The molecule has 2 heteroatoms. The van der Waals surface area contributed by atoms with Crippen LogP contribution in [0.5, 0.6) is 0 Å². The molecule has 0 rings (SSSR count). The van der Waals surface area contributed by atoms with E-state index >= 15 is 0 Å². The highest BCUT2D eigenvalue weighted by Gasteiger charge is 1.73. The Hall–Kier alpha value is -0.970. The van der Waals surface area contributed by atoms with E-state index in [0.29, 0.717) is 5.57 Å². The Morgan fingerprint density at radius 1 is 1.62 bits per heavy atom. The number of hydrogen-bond donors (Lipinski definition) is 1. The highest BCUT2D eigenvalue weighted by Crippen LogP contribution is 1.81. The monoisotopic (exact) mass is 113 g/mol. The van der Waals surface area contributed by atoms with Crippen molar-refractivity contribution in [1.82, 2.24) is 0 Å². The summed E-state index contributed by atoms with van der Waals surface area (Å²) < 4.78 is 0. The van der Waals surface area contributed by atoms with Crippen molar-refractivity contribution in [2.75, 3.05) is 0 Å². The molecule has 0 atom stereocenters. The van der Waals surface area contributed by atoms with Gasteiger partial charge >= 0.3 is 0 Å². The minimum Gasteiger partial charge on any atom is -0.515 e. The van der Waals surface area contributed by atoms with E-state index in [0.717, 1.165) is 6.26 Å². The molecular formula is C6H11NO. The van der Waals surface area contributed by atoms with Crippen molar-refractivity contribution in [3.8, 4) is 6.07 Å². The van der Waals surface area contributed by atoms with Crippen molar-refractivity contribution in [2.45, 2.75) is 20.8 Å². The van der Waals surface area contributed by atoms with Gasteiger partial charge in [0, 0.05) is 0 Å². The SMILES string of the molecule is C/C(C#N)=C/O.CC. The zero-order chi connectivity index (χ0) is 6.99. The normalized spacial score (nSPS) is 8.50. The van der Waals surface area contributed by atoms with E-state index in [1.165, 1.54) is 6.92 Å². The fraction of sp³-hybridized carbons (Fsp3) is 0.500. The second kappa shape index (κ2) is 9.39. The number of hydrogen-bond acceptors (Lipinski definition) is 2. The lowest BCUT2D eigenvalue weighted by Gasteiger charge is -1.70. The lowest BCUT2D eigenvalue weighted by atomic mass is 10.4. The number of allylic oxidation sites excluding steroid dienone is 1. The van der Waals surface area contributed by atoms with Crippen LogP contribution in [-0.2, 0) is 0 Å². The van der Waals surface area contributed by atoms with Crippen LogP contribution in [0.4, 0.5) is 0 Å². The second-order valence-electron chi connectivity index (χ2n) is 0.924. The molecule has 1 N–H and O–H groups in total. The zero-order valence-corrected chi connectivity index (χ0v) is 5.47. The van der Waals surface area contributed by atoms with Crippen molar-refractivity contribution in [2.24, 2.45) is 0 Å². The van der Waals surface area contributed by atoms with Gasteiger partial charge < -0.3 is 5.11 Å². The number of aliphatic hydroxyl groups excluding tert-OH is 1. The molecule has 0 aromatic heterocycles. The first-order chi connectivity index (χ1) is 3.81. The van der Waals surface area contributed by atoms with Crippen LogP contribution in [0.2, 0.25) is 0 Å². The predicted molar refractivity (Wildman–Crippen MR) is 33.3 cm³/mol. The van der Waals surface area contributed by atoms with E-state index in [4.69, 9.17) is 10.4 Å². The summed E-state index contributed by atoms with van der Waals surface area (Å²) in [6, 6.07) is 1.73. The Labute approximate surface area is 50.1 Å². The maximum Gasteiger partial charge on any atom is 0.0976 e. The Morgan fingerprint density at radius 2 is 2.00 bits per heavy atom. The van der Waals surface area contributed by atoms with Gasteiger partial charge in [-0.15, -0.1) is 0 Å². The Balaban J connectivity index is 0. The van der Waals surface area contributed by atoms with E-state index in [9.17, 15) is 0 Å². The van der Waals surface area contributed by atoms with Crippen LogP contribution in [0.1, 0.15) is 20.8 Å². The predicted octanol–water partition coefficient (Wildman–Crippen LogP) is 2.00. The highest BCUT2D eigenvalue weighted by atomic mass is 16.2. The number of nitriles is 1. The lowest BCUT2D eigenvalue weighted by molar-refractivity contribution is 0.469. The smallest absolute Gasteiger partial charge is 0.0976 e. The topological polar surface area (TPSA) is 44.0 Å². The maximum absolute atomic E-state index is 7.95. The summed E-state index contributed by atoms with van der Waals surface area (Å²) in [6.07, 6.45) is 0.778. The van der Waals surface area contributed by atoms with E-state index < -0.39 is 0 Å². The molecule has 0 saturated carbocycles. The minimum absolute atomic E-state index is 0.329. The van der Waals surface area contributed by atoms with Crippen LogP contribution in [0, 0.1) is 11.3 Å². The maximum atomic E-state index is 7.95. The van der Waals surface area contributed by atoms with Gasteiger partial charge in [0.15, 0.2) is 0 Å². The average molecular weight is 113 g/mol. The first-order valence-corrected chi connectivity index (χ1v) is 2.52. The summed E-state index contributed by atoms with van der Waals surface area (Å²) in [4.78, 5) is 0. The third kappa shape index (κ3) is 8.90. The first-order valence-electron chi connectivity index (χ1n) is 2.52. The van der Waals surface area contributed by atoms with Gasteiger partial charge in [0.1, 0.15) is 0 Å². The van der Waals surface area contributed by atoms with E-state index in [1.54, 1.807) is 6.07 Å². The summed E-state index contributed by atoms with van der Waals surface area (Å²) in [5.41, 5.74) is 0.329. The molecule has 2 nitrogen and oxygen atoms in total. The largest absolute Gasteiger partial charge is 0.515 e. The number of aliphatic hydroxyl groups is 1. The summed E-state index contributed by atoms with van der Waals surface area (Å²) in [5, 5.41) is 15.8. The molecule has 0 aromatic carbocycles. The molecule has 0 spiro atoms. The second-order valence-corrected chi connectivity index (χ2v) is 0.924. The fourth-order valence-electron chi connectivity index (χ4n) is 0.0289. The van der Waals surface area contributed by atoms with E-state index in [-0.39, 0.29) is 0 Å². The van der Waals surface area contributed by atoms with Gasteiger partial charge in [0.25, 0.3) is 0 Å². The quantitative estimate of drug-likeness (QED) is 0.385. The number of nitrogens with zero attached hydrogens (tertiary/aromatic N) is 1. The minimum atomic E-state index is 0.329. The van der Waals surface area contributed by atoms with Gasteiger partial charge in [0.2, 0.25) is 0 Å². The standard InChI is InChI=1S/C4H5NO.C2H6/c1-4(2-5)3-6;1-2/h3,6H,1H3;1-2H3/b4-3-;. The molecule has 8 heavy (non-hydrogen) atoms. The highest BCUT2D eigenvalue weighted by molar-refractivity contribution is 5.13. The van der Waals surface area contributed by atoms with Gasteiger partial charge in [-0.2, -0.15) is 5.26 Å². The van der Waals surface area contributed by atoms with Crippen LogP contribution in [-0.4, -0.2) is 5.11 Å². The van der Waals surface area contributed by atoms with Crippen molar-refractivity contribution in [1.29, 1.82) is 5.26 Å². The summed E-state index contributed by atoms with van der Waals surface area (Å²) in [5.74, 6) is 0. The van der Waals surface area contributed by atoms with Crippen molar-refractivity contribution in [3.05, 3.63) is 11.8 Å². The molecule has 46 valence electrons.